The van der Waals surface area contributed by atoms with Gasteiger partial charge in [-0.2, -0.15) is 23.5 Å². The second-order valence-corrected chi connectivity index (χ2v) is 8.67. The van der Waals surface area contributed by atoms with Gasteiger partial charge in [0, 0.05) is 33.1 Å². The molecule has 20 heavy (non-hydrogen) atoms. The van der Waals surface area contributed by atoms with Crippen LogP contribution in [-0.4, -0.2) is 28.6 Å². The molecule has 4 unspecified atom stereocenters. The molecule has 1 aromatic carbocycles. The Morgan fingerprint density at radius 3 is 2.55 bits per heavy atom. The van der Waals surface area contributed by atoms with Crippen molar-refractivity contribution in [1.29, 1.82) is 0 Å². The summed E-state index contributed by atoms with van der Waals surface area (Å²) in [5, 5.41) is 1.83. The van der Waals surface area contributed by atoms with E-state index in [0.717, 1.165) is 11.5 Å². The lowest BCUT2D eigenvalue weighted by Gasteiger charge is -2.35. The summed E-state index contributed by atoms with van der Waals surface area (Å²) in [7, 11) is 1.73. The Bertz CT molecular complexity index is 478. The van der Waals surface area contributed by atoms with Crippen LogP contribution in [0.4, 0.5) is 0 Å². The van der Waals surface area contributed by atoms with Crippen molar-refractivity contribution in [3.8, 4) is 5.75 Å². The number of hydrogen-bond acceptors (Lipinski definition) is 4. The van der Waals surface area contributed by atoms with Crippen molar-refractivity contribution < 1.29 is 4.74 Å². The van der Waals surface area contributed by atoms with Gasteiger partial charge in [0.1, 0.15) is 5.75 Å². The fourth-order valence-corrected chi connectivity index (χ4v) is 5.75. The zero-order valence-corrected chi connectivity index (χ0v) is 14.6. The van der Waals surface area contributed by atoms with E-state index >= 15 is 0 Å². The van der Waals surface area contributed by atoms with Crippen molar-refractivity contribution in [1.82, 2.24) is 0 Å². The zero-order chi connectivity index (χ0) is 14.9. The Kier molecular flexibility index (Phi) is 5.32. The fraction of sp³-hybridized carbons (Fsp3) is 0.625. The molecular weight excluding hydrogens is 286 g/mol. The molecule has 1 saturated heterocycles. The standard InChI is InChI=1S/C16H25NOS2/c1-9-6-10(2)15(13(7-9)18-5)16(17)14-8-19-11(3)12(4)20-14/h6-7,11-12,14,16H,8,17H2,1-5H3. The Morgan fingerprint density at radius 1 is 1.25 bits per heavy atom. The van der Waals surface area contributed by atoms with Crippen LogP contribution in [0.3, 0.4) is 0 Å². The molecule has 0 spiro atoms. The predicted octanol–water partition coefficient (Wildman–Crippen LogP) is 3.94. The van der Waals surface area contributed by atoms with Crippen molar-refractivity contribution in [2.24, 2.45) is 5.73 Å². The van der Waals surface area contributed by atoms with Gasteiger partial charge in [-0.05, 0) is 31.0 Å². The maximum Gasteiger partial charge on any atom is 0.124 e. The van der Waals surface area contributed by atoms with E-state index in [1.807, 2.05) is 23.5 Å². The molecule has 1 fully saturated rings. The first-order valence-corrected chi connectivity index (χ1v) is 9.11. The summed E-state index contributed by atoms with van der Waals surface area (Å²) < 4.78 is 5.57. The minimum Gasteiger partial charge on any atom is -0.496 e. The van der Waals surface area contributed by atoms with E-state index in [-0.39, 0.29) is 6.04 Å². The number of rotatable bonds is 3. The number of thioether (sulfide) groups is 2. The fourth-order valence-electron chi connectivity index (χ4n) is 2.72. The molecule has 0 aliphatic carbocycles. The second-order valence-electron chi connectivity index (χ2n) is 5.64. The van der Waals surface area contributed by atoms with Gasteiger partial charge >= 0.3 is 0 Å². The molecule has 0 bridgehead atoms. The minimum absolute atomic E-state index is 0.0398. The van der Waals surface area contributed by atoms with E-state index in [4.69, 9.17) is 10.5 Å². The van der Waals surface area contributed by atoms with Gasteiger partial charge < -0.3 is 10.5 Å². The molecule has 4 heteroatoms. The summed E-state index contributed by atoms with van der Waals surface area (Å²) in [5.41, 5.74) is 10.2. The summed E-state index contributed by atoms with van der Waals surface area (Å²) in [5.74, 6) is 2.06. The molecule has 0 saturated carbocycles. The van der Waals surface area contributed by atoms with Gasteiger partial charge in [0.2, 0.25) is 0 Å². The molecular formula is C16H25NOS2. The molecule has 1 aliphatic heterocycles. The van der Waals surface area contributed by atoms with Crippen LogP contribution < -0.4 is 10.5 Å². The van der Waals surface area contributed by atoms with Gasteiger partial charge in [-0.25, -0.2) is 0 Å². The van der Waals surface area contributed by atoms with E-state index in [9.17, 15) is 0 Å². The number of hydrogen-bond donors (Lipinski definition) is 1. The van der Waals surface area contributed by atoms with Crippen molar-refractivity contribution in [2.45, 2.75) is 49.5 Å². The lowest BCUT2D eigenvalue weighted by molar-refractivity contribution is 0.404. The van der Waals surface area contributed by atoms with Crippen LogP contribution in [-0.2, 0) is 0 Å². The number of aryl methyl sites for hydroxylation is 2. The quantitative estimate of drug-likeness (QED) is 0.917. The highest BCUT2D eigenvalue weighted by Gasteiger charge is 2.32. The van der Waals surface area contributed by atoms with Gasteiger partial charge in [-0.1, -0.05) is 19.9 Å². The SMILES string of the molecule is COc1cc(C)cc(C)c1C(N)C1CSC(C)C(C)S1. The molecule has 2 rings (SSSR count). The van der Waals surface area contributed by atoms with Gasteiger partial charge in [0.05, 0.1) is 7.11 Å². The van der Waals surface area contributed by atoms with Crippen LogP contribution in [0.1, 0.15) is 36.6 Å². The van der Waals surface area contributed by atoms with Gasteiger partial charge in [0.25, 0.3) is 0 Å². The summed E-state index contributed by atoms with van der Waals surface area (Å²) in [4.78, 5) is 0. The molecule has 1 aromatic rings. The van der Waals surface area contributed by atoms with Gasteiger partial charge in [-0.15, -0.1) is 0 Å². The van der Waals surface area contributed by atoms with Crippen LogP contribution in [0.5, 0.6) is 5.75 Å². The number of methoxy groups -OCH3 is 1. The summed E-state index contributed by atoms with van der Waals surface area (Å²) in [6.45, 7) is 8.85. The molecule has 1 aliphatic rings. The third-order valence-electron chi connectivity index (χ3n) is 4.02. The zero-order valence-electron chi connectivity index (χ0n) is 13.0. The molecule has 0 amide bonds. The molecule has 0 aromatic heterocycles. The van der Waals surface area contributed by atoms with E-state index < -0.39 is 0 Å². The molecule has 2 nitrogen and oxygen atoms in total. The van der Waals surface area contributed by atoms with Crippen LogP contribution in [0, 0.1) is 13.8 Å². The number of benzene rings is 1. The maximum absolute atomic E-state index is 6.59. The average Bonchev–Trinajstić information content (AvgIpc) is 2.40. The Labute approximate surface area is 131 Å². The Hall–Kier alpha value is -0.320. The number of ether oxygens (including phenoxy) is 1. The molecule has 2 N–H and O–H groups in total. The van der Waals surface area contributed by atoms with Gasteiger partial charge in [0.15, 0.2) is 0 Å². The topological polar surface area (TPSA) is 35.2 Å². The number of nitrogens with two attached hydrogens (primary N) is 1. The minimum atomic E-state index is 0.0398. The average molecular weight is 312 g/mol. The highest BCUT2D eigenvalue weighted by molar-refractivity contribution is 8.07. The summed E-state index contributed by atoms with van der Waals surface area (Å²) >= 11 is 4.07. The molecule has 4 atom stereocenters. The normalized spacial score (nSPS) is 28.2. The molecule has 1 heterocycles. The monoisotopic (exact) mass is 311 g/mol. The van der Waals surface area contributed by atoms with Gasteiger partial charge in [-0.3, -0.25) is 0 Å². The first-order valence-electron chi connectivity index (χ1n) is 7.11. The summed E-state index contributed by atoms with van der Waals surface area (Å²) in [6, 6.07) is 4.33. The lowest BCUT2D eigenvalue weighted by atomic mass is 9.96. The summed E-state index contributed by atoms with van der Waals surface area (Å²) in [6.07, 6.45) is 0. The highest BCUT2D eigenvalue weighted by Crippen LogP contribution is 2.42. The van der Waals surface area contributed by atoms with E-state index in [1.165, 1.54) is 16.7 Å². The third kappa shape index (κ3) is 3.29. The maximum atomic E-state index is 6.59. The first kappa shape index (κ1) is 16.1. The van der Waals surface area contributed by atoms with Crippen LogP contribution in [0.25, 0.3) is 0 Å². The smallest absolute Gasteiger partial charge is 0.124 e. The Balaban J connectivity index is 2.27. The molecule has 0 radical (unpaired) electrons. The van der Waals surface area contributed by atoms with E-state index in [2.05, 4.69) is 39.8 Å². The highest BCUT2D eigenvalue weighted by atomic mass is 32.2. The predicted molar refractivity (Wildman–Crippen MR) is 92.2 cm³/mol. The van der Waals surface area contributed by atoms with E-state index in [1.54, 1.807) is 7.11 Å². The van der Waals surface area contributed by atoms with Crippen molar-refractivity contribution >= 4 is 23.5 Å². The lowest BCUT2D eigenvalue weighted by Crippen LogP contribution is -2.34. The molecule has 112 valence electrons. The largest absolute Gasteiger partial charge is 0.496 e. The van der Waals surface area contributed by atoms with Crippen molar-refractivity contribution in [3.05, 3.63) is 28.8 Å². The Morgan fingerprint density at radius 2 is 1.95 bits per heavy atom. The second kappa shape index (κ2) is 6.63. The van der Waals surface area contributed by atoms with Crippen molar-refractivity contribution in [3.63, 3.8) is 0 Å². The first-order chi connectivity index (χ1) is 9.43. The van der Waals surface area contributed by atoms with Crippen molar-refractivity contribution in [2.75, 3.05) is 12.9 Å². The third-order valence-corrected chi connectivity index (χ3v) is 7.54. The van der Waals surface area contributed by atoms with Crippen LogP contribution in [0.15, 0.2) is 12.1 Å². The van der Waals surface area contributed by atoms with Crippen LogP contribution in [0.2, 0.25) is 0 Å². The van der Waals surface area contributed by atoms with E-state index in [0.29, 0.717) is 15.7 Å². The van der Waals surface area contributed by atoms with Crippen LogP contribution >= 0.6 is 23.5 Å².